The first-order valence-corrected chi connectivity index (χ1v) is 11.3. The van der Waals surface area contributed by atoms with E-state index in [0.717, 1.165) is 34.8 Å². The quantitative estimate of drug-likeness (QED) is 0.595. The number of ether oxygens (including phenoxy) is 1. The summed E-state index contributed by atoms with van der Waals surface area (Å²) < 4.78 is 5.13. The van der Waals surface area contributed by atoms with Crippen LogP contribution in [0.4, 0.5) is 16.2 Å². The second-order valence-corrected chi connectivity index (χ2v) is 8.67. The molecule has 2 heterocycles. The van der Waals surface area contributed by atoms with Gasteiger partial charge < -0.3 is 20.3 Å². The number of carbonyl (C=O) groups is 2. The number of amides is 3. The number of rotatable bonds is 5. The highest BCUT2D eigenvalue weighted by molar-refractivity contribution is 7.13. The average Bonchev–Trinajstić information content (AvgIpc) is 3.32. The molecule has 4 rings (SSSR count). The summed E-state index contributed by atoms with van der Waals surface area (Å²) in [5.74, 6) is 0.477. The highest BCUT2D eigenvalue weighted by Gasteiger charge is 2.28. The first-order chi connectivity index (χ1) is 15.5. The Bertz CT molecular complexity index is 1100. The highest BCUT2D eigenvalue weighted by Crippen LogP contribution is 2.30. The average molecular weight is 452 g/mol. The normalized spacial score (nSPS) is 15.8. The molecular formula is C23H25N5O3S. The number of hydrogen-bond donors (Lipinski definition) is 2. The summed E-state index contributed by atoms with van der Waals surface area (Å²) in [7, 11) is 1.59. The molecule has 2 aromatic carbocycles. The van der Waals surface area contributed by atoms with Crippen molar-refractivity contribution in [3.05, 3.63) is 64.1 Å². The fourth-order valence-corrected chi connectivity index (χ4v) is 4.48. The van der Waals surface area contributed by atoms with Crippen LogP contribution >= 0.6 is 11.3 Å². The number of likely N-dealkylation sites (tertiary alicyclic amines) is 1. The molecule has 1 fully saturated rings. The smallest absolute Gasteiger partial charge is 0.321 e. The van der Waals surface area contributed by atoms with Gasteiger partial charge in [0, 0.05) is 30.4 Å². The number of piperidine rings is 1. The van der Waals surface area contributed by atoms with Gasteiger partial charge in [0.1, 0.15) is 10.8 Å². The van der Waals surface area contributed by atoms with Crippen LogP contribution in [0.25, 0.3) is 0 Å². The Morgan fingerprint density at radius 2 is 1.88 bits per heavy atom. The van der Waals surface area contributed by atoms with Crippen molar-refractivity contribution in [2.75, 3.05) is 30.8 Å². The molecule has 1 saturated heterocycles. The molecule has 2 N–H and O–H groups in total. The number of nitrogens with one attached hydrogen (secondary N) is 2. The van der Waals surface area contributed by atoms with E-state index in [-0.39, 0.29) is 17.9 Å². The molecule has 166 valence electrons. The van der Waals surface area contributed by atoms with Crippen LogP contribution in [-0.2, 0) is 0 Å². The highest BCUT2D eigenvalue weighted by atomic mass is 32.1. The van der Waals surface area contributed by atoms with E-state index in [4.69, 9.17) is 4.74 Å². The number of para-hydroxylation sites is 1. The Hall–Kier alpha value is -3.46. The van der Waals surface area contributed by atoms with E-state index in [9.17, 15) is 9.59 Å². The van der Waals surface area contributed by atoms with Gasteiger partial charge in [0.05, 0.1) is 7.11 Å². The Labute approximate surface area is 190 Å². The fraction of sp³-hybridized carbons (Fsp3) is 0.304. The SMILES string of the molecule is COc1ccc(NC(=O)c2nnc([C@@H]3CCCN(C(=O)Nc4ccccc4C)C3)s2)cc1. The van der Waals surface area contributed by atoms with Crippen molar-refractivity contribution in [2.45, 2.75) is 25.7 Å². The van der Waals surface area contributed by atoms with Gasteiger partial charge in [-0.3, -0.25) is 4.79 Å². The lowest BCUT2D eigenvalue weighted by atomic mass is 9.99. The molecule has 8 nitrogen and oxygen atoms in total. The zero-order chi connectivity index (χ0) is 22.5. The second-order valence-electron chi connectivity index (χ2n) is 7.66. The molecule has 1 atom stereocenters. The Morgan fingerprint density at radius 1 is 1.09 bits per heavy atom. The van der Waals surface area contributed by atoms with Crippen LogP contribution in [0, 0.1) is 6.92 Å². The van der Waals surface area contributed by atoms with E-state index < -0.39 is 0 Å². The van der Waals surface area contributed by atoms with Crippen LogP contribution in [0.2, 0.25) is 0 Å². The first kappa shape index (κ1) is 21.8. The lowest BCUT2D eigenvalue weighted by Crippen LogP contribution is -2.41. The molecule has 32 heavy (non-hydrogen) atoms. The van der Waals surface area contributed by atoms with E-state index in [2.05, 4.69) is 20.8 Å². The van der Waals surface area contributed by atoms with E-state index in [0.29, 0.717) is 23.8 Å². The van der Waals surface area contributed by atoms with Crippen molar-refractivity contribution in [3.63, 3.8) is 0 Å². The minimum absolute atomic E-state index is 0.0615. The van der Waals surface area contributed by atoms with Crippen molar-refractivity contribution in [2.24, 2.45) is 0 Å². The largest absolute Gasteiger partial charge is 0.497 e. The Kier molecular flexibility index (Phi) is 6.65. The maximum Gasteiger partial charge on any atom is 0.321 e. The summed E-state index contributed by atoms with van der Waals surface area (Å²) in [6, 6.07) is 14.7. The number of urea groups is 1. The van der Waals surface area contributed by atoms with Crippen LogP contribution in [0.15, 0.2) is 48.5 Å². The number of nitrogens with zero attached hydrogens (tertiary/aromatic N) is 3. The van der Waals surface area contributed by atoms with E-state index in [1.54, 1.807) is 36.3 Å². The maximum absolute atomic E-state index is 12.8. The van der Waals surface area contributed by atoms with Crippen molar-refractivity contribution in [1.82, 2.24) is 15.1 Å². The molecule has 3 aromatic rings. The minimum Gasteiger partial charge on any atom is -0.497 e. The topological polar surface area (TPSA) is 96.4 Å². The van der Waals surface area contributed by atoms with Gasteiger partial charge in [-0.1, -0.05) is 29.5 Å². The maximum atomic E-state index is 12.8. The van der Waals surface area contributed by atoms with E-state index >= 15 is 0 Å². The predicted molar refractivity (Wildman–Crippen MR) is 125 cm³/mol. The summed E-state index contributed by atoms with van der Waals surface area (Å²) in [5, 5.41) is 15.2. The van der Waals surface area contributed by atoms with Gasteiger partial charge in [0.2, 0.25) is 5.01 Å². The van der Waals surface area contributed by atoms with Gasteiger partial charge in [-0.2, -0.15) is 0 Å². The molecule has 1 aliphatic heterocycles. The monoisotopic (exact) mass is 451 g/mol. The van der Waals surface area contributed by atoms with Crippen LogP contribution in [0.5, 0.6) is 5.75 Å². The molecule has 0 spiro atoms. The summed E-state index contributed by atoms with van der Waals surface area (Å²) in [5.41, 5.74) is 2.49. The molecule has 9 heteroatoms. The lowest BCUT2D eigenvalue weighted by molar-refractivity contribution is 0.102. The summed E-state index contributed by atoms with van der Waals surface area (Å²) in [6.07, 6.45) is 1.78. The molecule has 0 unspecified atom stereocenters. The number of aromatic nitrogens is 2. The number of aryl methyl sites for hydroxylation is 1. The first-order valence-electron chi connectivity index (χ1n) is 10.4. The third-order valence-corrected chi connectivity index (χ3v) is 6.51. The summed E-state index contributed by atoms with van der Waals surface area (Å²) >= 11 is 1.28. The second kappa shape index (κ2) is 9.78. The number of benzene rings is 2. The zero-order valence-corrected chi connectivity index (χ0v) is 18.8. The van der Waals surface area contributed by atoms with Crippen molar-refractivity contribution < 1.29 is 14.3 Å². The molecule has 0 radical (unpaired) electrons. The van der Waals surface area contributed by atoms with Gasteiger partial charge in [-0.25, -0.2) is 4.79 Å². The fourth-order valence-electron chi connectivity index (χ4n) is 3.62. The molecule has 0 bridgehead atoms. The molecule has 1 aromatic heterocycles. The van der Waals surface area contributed by atoms with Crippen LogP contribution in [0.3, 0.4) is 0 Å². The van der Waals surface area contributed by atoms with Gasteiger partial charge in [0.15, 0.2) is 0 Å². The standard InChI is InChI=1S/C23H25N5O3S/c1-15-6-3-4-8-19(15)25-23(30)28-13-5-7-16(14-28)21-26-27-22(32-21)20(29)24-17-9-11-18(31-2)12-10-17/h3-4,6,8-12,16H,5,7,13-14H2,1-2H3,(H,24,29)(H,25,30)/t16-/m1/s1. The number of methoxy groups -OCH3 is 1. The molecule has 0 aliphatic carbocycles. The van der Waals surface area contributed by atoms with Gasteiger partial charge in [-0.05, 0) is 55.7 Å². The summed E-state index contributed by atoms with van der Waals surface area (Å²) in [4.78, 5) is 27.1. The van der Waals surface area contributed by atoms with Crippen molar-refractivity contribution >= 4 is 34.6 Å². The van der Waals surface area contributed by atoms with Crippen LogP contribution < -0.4 is 15.4 Å². The predicted octanol–water partition coefficient (Wildman–Crippen LogP) is 4.52. The van der Waals surface area contributed by atoms with Gasteiger partial charge >= 0.3 is 6.03 Å². The zero-order valence-electron chi connectivity index (χ0n) is 18.0. The Balaban J connectivity index is 1.38. The number of hydrogen-bond acceptors (Lipinski definition) is 6. The number of carbonyl (C=O) groups excluding carboxylic acids is 2. The molecular weight excluding hydrogens is 426 g/mol. The third kappa shape index (κ3) is 5.05. The van der Waals surface area contributed by atoms with Gasteiger partial charge in [-0.15, -0.1) is 10.2 Å². The molecule has 3 amide bonds. The van der Waals surface area contributed by atoms with E-state index in [1.807, 2.05) is 31.2 Å². The van der Waals surface area contributed by atoms with Crippen molar-refractivity contribution in [1.29, 1.82) is 0 Å². The van der Waals surface area contributed by atoms with Crippen LogP contribution in [0.1, 0.15) is 39.1 Å². The van der Waals surface area contributed by atoms with Crippen molar-refractivity contribution in [3.8, 4) is 5.75 Å². The third-order valence-electron chi connectivity index (χ3n) is 5.43. The molecule has 1 aliphatic rings. The lowest BCUT2D eigenvalue weighted by Gasteiger charge is -2.31. The molecule has 0 saturated carbocycles. The minimum atomic E-state index is -0.302. The summed E-state index contributed by atoms with van der Waals surface area (Å²) in [6.45, 7) is 3.21. The van der Waals surface area contributed by atoms with Gasteiger partial charge in [0.25, 0.3) is 5.91 Å². The Morgan fingerprint density at radius 3 is 2.62 bits per heavy atom. The number of anilines is 2. The van der Waals surface area contributed by atoms with Crippen LogP contribution in [-0.4, -0.2) is 47.2 Å². The van der Waals surface area contributed by atoms with E-state index in [1.165, 1.54) is 11.3 Å².